The topological polar surface area (TPSA) is 90.4 Å². The summed E-state index contributed by atoms with van der Waals surface area (Å²) in [6, 6.07) is 0. The van der Waals surface area contributed by atoms with Crippen LogP contribution in [0.3, 0.4) is 0 Å². The molecular formula is C12H19N3O3. The number of hydrogen-bond acceptors (Lipinski definition) is 5. The Balaban J connectivity index is 1.87. The summed E-state index contributed by atoms with van der Waals surface area (Å²) in [5.74, 6) is 1.16. The number of rotatable bonds is 4. The lowest BCUT2D eigenvalue weighted by Crippen LogP contribution is -2.56. The van der Waals surface area contributed by atoms with Gasteiger partial charge in [0.25, 0.3) is 0 Å². The number of hydrogen-bond donors (Lipinski definition) is 2. The van der Waals surface area contributed by atoms with Crippen LogP contribution >= 0.6 is 0 Å². The highest BCUT2D eigenvalue weighted by molar-refractivity contribution is 5.86. The van der Waals surface area contributed by atoms with Gasteiger partial charge >= 0.3 is 0 Å². The fourth-order valence-corrected chi connectivity index (χ4v) is 1.89. The Labute approximate surface area is 106 Å². The molecule has 1 aromatic rings. The number of aryl methyl sites for hydroxylation is 1. The lowest BCUT2D eigenvalue weighted by molar-refractivity contribution is -0.130. The molecule has 2 heterocycles. The Bertz CT molecular complexity index is 410. The highest BCUT2D eigenvalue weighted by Gasteiger charge is 2.35. The Morgan fingerprint density at radius 1 is 1.56 bits per heavy atom. The third kappa shape index (κ3) is 2.88. The van der Waals surface area contributed by atoms with Crippen LogP contribution in [0.2, 0.25) is 0 Å². The molecule has 6 heteroatoms. The number of carbonyl (C=O) groups excluding carboxylic acids is 1. The summed E-state index contributed by atoms with van der Waals surface area (Å²) >= 11 is 0. The predicted molar refractivity (Wildman–Crippen MR) is 64.7 cm³/mol. The van der Waals surface area contributed by atoms with Crippen LogP contribution in [0.25, 0.3) is 0 Å². The monoisotopic (exact) mass is 253 g/mol. The number of carbonyl (C=O) groups is 1. The molecule has 1 aromatic heterocycles. The molecule has 0 bridgehead atoms. The van der Waals surface area contributed by atoms with Crippen LogP contribution in [0, 0.1) is 0 Å². The smallest absolute Gasteiger partial charge is 0.240 e. The number of amides is 1. The highest BCUT2D eigenvalue weighted by atomic mass is 16.5. The minimum Gasteiger partial charge on any atom is -0.444 e. The molecule has 0 saturated carbocycles. The quantitative estimate of drug-likeness (QED) is 0.808. The first-order valence-corrected chi connectivity index (χ1v) is 6.22. The Kier molecular flexibility index (Phi) is 3.98. The molecule has 0 radical (unpaired) electrons. The minimum absolute atomic E-state index is 0.165. The van der Waals surface area contributed by atoms with Gasteiger partial charge in [0.15, 0.2) is 0 Å². The molecule has 0 aliphatic carbocycles. The van der Waals surface area contributed by atoms with Gasteiger partial charge in [0, 0.05) is 19.6 Å². The number of oxazole rings is 1. The van der Waals surface area contributed by atoms with Crippen LogP contribution in [0.1, 0.15) is 31.4 Å². The van der Waals surface area contributed by atoms with Gasteiger partial charge in [0.1, 0.15) is 5.76 Å². The third-order valence-corrected chi connectivity index (χ3v) is 3.19. The largest absolute Gasteiger partial charge is 0.444 e. The number of nitrogens with one attached hydrogen (secondary N) is 1. The maximum Gasteiger partial charge on any atom is 0.240 e. The minimum atomic E-state index is -0.821. The summed E-state index contributed by atoms with van der Waals surface area (Å²) in [7, 11) is 0. The fraction of sp³-hybridized carbons (Fsp3) is 0.667. The van der Waals surface area contributed by atoms with E-state index < -0.39 is 5.54 Å². The maximum atomic E-state index is 12.0. The van der Waals surface area contributed by atoms with E-state index in [9.17, 15) is 4.79 Å². The zero-order valence-corrected chi connectivity index (χ0v) is 10.6. The van der Waals surface area contributed by atoms with Gasteiger partial charge in [0.05, 0.1) is 18.3 Å². The molecule has 6 nitrogen and oxygen atoms in total. The SMILES string of the molecule is CCc1cnc(CNC(=O)C2(N)CCOCC2)o1. The van der Waals surface area contributed by atoms with E-state index in [1.54, 1.807) is 6.20 Å². The van der Waals surface area contributed by atoms with Crippen molar-refractivity contribution in [1.29, 1.82) is 0 Å². The lowest BCUT2D eigenvalue weighted by Gasteiger charge is -2.31. The van der Waals surface area contributed by atoms with Crippen molar-refractivity contribution in [3.63, 3.8) is 0 Å². The van der Waals surface area contributed by atoms with Crippen molar-refractivity contribution in [2.75, 3.05) is 13.2 Å². The maximum absolute atomic E-state index is 12.0. The molecule has 1 fully saturated rings. The van der Waals surface area contributed by atoms with Crippen LogP contribution in [0.15, 0.2) is 10.6 Å². The fourth-order valence-electron chi connectivity index (χ4n) is 1.89. The molecule has 0 spiro atoms. The van der Waals surface area contributed by atoms with Crippen LogP contribution < -0.4 is 11.1 Å². The number of nitrogens with zero attached hydrogens (tertiary/aromatic N) is 1. The summed E-state index contributed by atoms with van der Waals surface area (Å²) in [5.41, 5.74) is 5.23. The molecule has 0 aromatic carbocycles. The van der Waals surface area contributed by atoms with Gasteiger partial charge in [-0.1, -0.05) is 6.92 Å². The van der Waals surface area contributed by atoms with E-state index in [0.29, 0.717) is 31.9 Å². The van der Waals surface area contributed by atoms with Crippen molar-refractivity contribution in [2.45, 2.75) is 38.3 Å². The molecule has 0 unspecified atom stereocenters. The van der Waals surface area contributed by atoms with Gasteiger partial charge in [-0.3, -0.25) is 4.79 Å². The van der Waals surface area contributed by atoms with Crippen molar-refractivity contribution in [3.05, 3.63) is 17.8 Å². The molecule has 1 saturated heterocycles. The summed E-state index contributed by atoms with van der Waals surface area (Å²) < 4.78 is 10.6. The second-order valence-electron chi connectivity index (χ2n) is 4.53. The van der Waals surface area contributed by atoms with Crippen LogP contribution in [-0.2, 0) is 22.5 Å². The summed E-state index contributed by atoms with van der Waals surface area (Å²) in [6.07, 6.45) is 3.56. The Hall–Kier alpha value is -1.40. The van der Waals surface area contributed by atoms with Crippen LogP contribution in [0.5, 0.6) is 0 Å². The van der Waals surface area contributed by atoms with Gasteiger partial charge in [-0.2, -0.15) is 0 Å². The van der Waals surface area contributed by atoms with E-state index in [-0.39, 0.29) is 12.5 Å². The first-order chi connectivity index (χ1) is 8.64. The standard InChI is InChI=1S/C12H19N3O3/c1-2-9-7-14-10(18-9)8-15-11(16)12(13)3-5-17-6-4-12/h7H,2-6,8,13H2,1H3,(H,15,16). The second-order valence-corrected chi connectivity index (χ2v) is 4.53. The van der Waals surface area contributed by atoms with E-state index >= 15 is 0 Å². The summed E-state index contributed by atoms with van der Waals surface area (Å²) in [4.78, 5) is 16.1. The Morgan fingerprint density at radius 2 is 2.28 bits per heavy atom. The van der Waals surface area contributed by atoms with Crippen molar-refractivity contribution in [3.8, 4) is 0 Å². The van der Waals surface area contributed by atoms with Crippen molar-refractivity contribution in [2.24, 2.45) is 5.73 Å². The zero-order valence-electron chi connectivity index (χ0n) is 10.6. The first kappa shape index (κ1) is 13.0. The van der Waals surface area contributed by atoms with Crippen molar-refractivity contribution < 1.29 is 13.9 Å². The van der Waals surface area contributed by atoms with Gasteiger partial charge in [-0.05, 0) is 12.8 Å². The van der Waals surface area contributed by atoms with Gasteiger partial charge in [-0.15, -0.1) is 0 Å². The molecule has 1 aliphatic heterocycles. The van der Waals surface area contributed by atoms with E-state index in [1.165, 1.54) is 0 Å². The molecule has 18 heavy (non-hydrogen) atoms. The Morgan fingerprint density at radius 3 is 2.89 bits per heavy atom. The van der Waals surface area contributed by atoms with E-state index in [4.69, 9.17) is 14.9 Å². The molecule has 3 N–H and O–H groups in total. The molecular weight excluding hydrogens is 234 g/mol. The molecule has 1 aliphatic rings. The summed E-state index contributed by atoms with van der Waals surface area (Å²) in [6.45, 7) is 3.32. The van der Waals surface area contributed by atoms with E-state index in [2.05, 4.69) is 10.3 Å². The van der Waals surface area contributed by atoms with E-state index in [0.717, 1.165) is 12.2 Å². The number of nitrogens with two attached hydrogens (primary N) is 1. The molecule has 0 atom stereocenters. The molecule has 1 amide bonds. The van der Waals surface area contributed by atoms with Crippen molar-refractivity contribution >= 4 is 5.91 Å². The zero-order chi connectivity index (χ0) is 13.0. The molecule has 100 valence electrons. The molecule has 2 rings (SSSR count). The van der Waals surface area contributed by atoms with E-state index in [1.807, 2.05) is 6.92 Å². The van der Waals surface area contributed by atoms with Crippen molar-refractivity contribution in [1.82, 2.24) is 10.3 Å². The predicted octanol–water partition coefficient (Wildman–Crippen LogP) is 0.361. The van der Waals surface area contributed by atoms with Gasteiger partial charge in [-0.25, -0.2) is 4.98 Å². The van der Waals surface area contributed by atoms with Gasteiger partial charge < -0.3 is 20.2 Å². The van der Waals surface area contributed by atoms with Gasteiger partial charge in [0.2, 0.25) is 11.8 Å². The lowest BCUT2D eigenvalue weighted by atomic mass is 9.90. The normalized spacial score (nSPS) is 18.6. The highest BCUT2D eigenvalue weighted by Crippen LogP contribution is 2.17. The van der Waals surface area contributed by atoms with Crippen LogP contribution in [0.4, 0.5) is 0 Å². The first-order valence-electron chi connectivity index (χ1n) is 6.22. The number of aromatic nitrogens is 1. The average Bonchev–Trinajstić information content (AvgIpc) is 2.84. The third-order valence-electron chi connectivity index (χ3n) is 3.19. The average molecular weight is 253 g/mol. The number of ether oxygens (including phenoxy) is 1. The van der Waals surface area contributed by atoms with Crippen LogP contribution in [-0.4, -0.2) is 29.6 Å². The summed E-state index contributed by atoms with van der Waals surface area (Å²) in [5, 5.41) is 2.77. The second kappa shape index (κ2) is 5.49.